The van der Waals surface area contributed by atoms with Gasteiger partial charge in [-0.15, -0.1) is 0 Å². The summed E-state index contributed by atoms with van der Waals surface area (Å²) in [5, 5.41) is 9.40. The molecule has 0 aliphatic rings. The molecule has 1 atom stereocenters. The standard InChI is InChI=1S/C20H18F3N3O2/c1-13-10-17(26-28-13)25-19(27)18(15-7-3-2-4-8-15)24-12-14-6-5-9-16(11-14)20(21,22)23/h2-11,18,24H,12H2,1H3,(H,25,26,27). The van der Waals surface area contributed by atoms with Crippen LogP contribution in [0.2, 0.25) is 0 Å². The molecule has 5 nitrogen and oxygen atoms in total. The van der Waals surface area contributed by atoms with Crippen LogP contribution in [-0.4, -0.2) is 11.1 Å². The van der Waals surface area contributed by atoms with Gasteiger partial charge in [0.25, 0.3) is 0 Å². The first-order valence-corrected chi connectivity index (χ1v) is 8.51. The van der Waals surface area contributed by atoms with Crippen LogP contribution in [0.3, 0.4) is 0 Å². The lowest BCUT2D eigenvalue weighted by molar-refractivity contribution is -0.137. The van der Waals surface area contributed by atoms with Crippen molar-refractivity contribution in [3.8, 4) is 0 Å². The van der Waals surface area contributed by atoms with Crippen molar-refractivity contribution < 1.29 is 22.5 Å². The SMILES string of the molecule is Cc1cc(NC(=O)C(NCc2cccc(C(F)(F)F)c2)c2ccccc2)no1. The van der Waals surface area contributed by atoms with Gasteiger partial charge >= 0.3 is 6.18 Å². The molecule has 2 N–H and O–H groups in total. The Balaban J connectivity index is 1.77. The van der Waals surface area contributed by atoms with Gasteiger partial charge in [0.05, 0.1) is 5.56 Å². The Hall–Kier alpha value is -3.13. The molecule has 1 amide bonds. The summed E-state index contributed by atoms with van der Waals surface area (Å²) in [4.78, 5) is 12.7. The molecular weight excluding hydrogens is 371 g/mol. The summed E-state index contributed by atoms with van der Waals surface area (Å²) in [7, 11) is 0. The monoisotopic (exact) mass is 389 g/mol. The lowest BCUT2D eigenvalue weighted by Crippen LogP contribution is -2.32. The number of hydrogen-bond acceptors (Lipinski definition) is 4. The van der Waals surface area contributed by atoms with E-state index in [1.165, 1.54) is 6.07 Å². The van der Waals surface area contributed by atoms with Crippen LogP contribution in [0.1, 0.15) is 28.5 Å². The Morgan fingerprint density at radius 2 is 1.86 bits per heavy atom. The number of carbonyl (C=O) groups is 1. The Labute approximate surface area is 159 Å². The third-order valence-electron chi connectivity index (χ3n) is 4.04. The third kappa shape index (κ3) is 4.98. The summed E-state index contributed by atoms with van der Waals surface area (Å²) >= 11 is 0. The second kappa shape index (κ2) is 8.26. The number of anilines is 1. The van der Waals surface area contributed by atoms with Gasteiger partial charge in [-0.2, -0.15) is 13.2 Å². The average molecular weight is 389 g/mol. The molecule has 28 heavy (non-hydrogen) atoms. The van der Waals surface area contributed by atoms with Crippen LogP contribution in [0.4, 0.5) is 19.0 Å². The van der Waals surface area contributed by atoms with E-state index in [0.29, 0.717) is 16.9 Å². The molecule has 0 bridgehead atoms. The molecule has 0 fully saturated rings. The van der Waals surface area contributed by atoms with Crippen LogP contribution in [0.25, 0.3) is 0 Å². The maximum atomic E-state index is 12.9. The summed E-state index contributed by atoms with van der Waals surface area (Å²) in [6.45, 7) is 1.78. The molecule has 0 aliphatic heterocycles. The number of benzene rings is 2. The van der Waals surface area contributed by atoms with E-state index >= 15 is 0 Å². The summed E-state index contributed by atoms with van der Waals surface area (Å²) < 4.78 is 43.6. The molecule has 8 heteroatoms. The van der Waals surface area contributed by atoms with E-state index in [-0.39, 0.29) is 12.4 Å². The maximum Gasteiger partial charge on any atom is 0.416 e. The molecule has 0 aliphatic carbocycles. The van der Waals surface area contributed by atoms with E-state index < -0.39 is 23.7 Å². The summed E-state index contributed by atoms with van der Waals surface area (Å²) in [5.41, 5.74) is 0.360. The highest BCUT2D eigenvalue weighted by Crippen LogP contribution is 2.29. The van der Waals surface area contributed by atoms with Crippen molar-refractivity contribution in [2.75, 3.05) is 5.32 Å². The lowest BCUT2D eigenvalue weighted by Gasteiger charge is -2.18. The molecule has 3 rings (SSSR count). The number of amides is 1. The summed E-state index contributed by atoms with van der Waals surface area (Å²) in [6, 6.07) is 14.7. The van der Waals surface area contributed by atoms with Gasteiger partial charge in [-0.1, -0.05) is 53.7 Å². The van der Waals surface area contributed by atoms with Crippen molar-refractivity contribution in [1.82, 2.24) is 10.5 Å². The molecule has 0 saturated heterocycles. The smallest absolute Gasteiger partial charge is 0.360 e. The Morgan fingerprint density at radius 3 is 2.50 bits per heavy atom. The number of nitrogens with zero attached hydrogens (tertiary/aromatic N) is 1. The average Bonchev–Trinajstić information content (AvgIpc) is 3.07. The molecular formula is C20H18F3N3O2. The van der Waals surface area contributed by atoms with Gasteiger partial charge < -0.3 is 9.84 Å². The zero-order chi connectivity index (χ0) is 20.1. The van der Waals surface area contributed by atoms with Gasteiger partial charge in [0.2, 0.25) is 5.91 Å². The molecule has 1 unspecified atom stereocenters. The fraction of sp³-hybridized carbons (Fsp3) is 0.200. The predicted octanol–water partition coefficient (Wildman–Crippen LogP) is 4.47. The highest BCUT2D eigenvalue weighted by Gasteiger charge is 2.30. The van der Waals surface area contributed by atoms with E-state index in [1.807, 2.05) is 6.07 Å². The zero-order valence-electron chi connectivity index (χ0n) is 15.0. The van der Waals surface area contributed by atoms with Gasteiger partial charge in [0.1, 0.15) is 11.8 Å². The van der Waals surface area contributed by atoms with Crippen molar-refractivity contribution in [2.24, 2.45) is 0 Å². The first-order valence-electron chi connectivity index (χ1n) is 8.51. The molecule has 146 valence electrons. The van der Waals surface area contributed by atoms with Crippen molar-refractivity contribution in [1.29, 1.82) is 0 Å². The van der Waals surface area contributed by atoms with Crippen LogP contribution in [0, 0.1) is 6.92 Å². The Kier molecular flexibility index (Phi) is 5.79. The highest BCUT2D eigenvalue weighted by molar-refractivity contribution is 5.94. The maximum absolute atomic E-state index is 12.9. The first kappa shape index (κ1) is 19.6. The zero-order valence-corrected chi connectivity index (χ0v) is 15.0. The minimum absolute atomic E-state index is 0.0781. The lowest BCUT2D eigenvalue weighted by atomic mass is 10.0. The van der Waals surface area contributed by atoms with Crippen molar-refractivity contribution in [2.45, 2.75) is 25.7 Å². The van der Waals surface area contributed by atoms with Gasteiger partial charge in [-0.3, -0.25) is 10.1 Å². The van der Waals surface area contributed by atoms with Crippen molar-refractivity contribution >= 4 is 11.7 Å². The molecule has 2 aromatic carbocycles. The van der Waals surface area contributed by atoms with Gasteiger partial charge in [0.15, 0.2) is 5.82 Å². The topological polar surface area (TPSA) is 67.2 Å². The van der Waals surface area contributed by atoms with E-state index in [9.17, 15) is 18.0 Å². The quantitative estimate of drug-likeness (QED) is 0.653. The molecule has 1 heterocycles. The number of carbonyl (C=O) groups excluding carboxylic acids is 1. The fourth-order valence-electron chi connectivity index (χ4n) is 2.71. The van der Waals surface area contributed by atoms with Crippen LogP contribution in [-0.2, 0) is 17.5 Å². The second-order valence-electron chi connectivity index (χ2n) is 6.23. The Morgan fingerprint density at radius 1 is 1.11 bits per heavy atom. The van der Waals surface area contributed by atoms with Crippen LogP contribution in [0.5, 0.6) is 0 Å². The number of halogens is 3. The Bertz CT molecular complexity index is 939. The molecule has 0 saturated carbocycles. The number of aryl methyl sites for hydroxylation is 1. The predicted molar refractivity (Wildman–Crippen MR) is 97.3 cm³/mol. The van der Waals surface area contributed by atoms with Crippen molar-refractivity contribution in [3.05, 3.63) is 83.1 Å². The van der Waals surface area contributed by atoms with Gasteiger partial charge in [-0.05, 0) is 24.1 Å². The fourth-order valence-corrected chi connectivity index (χ4v) is 2.71. The van der Waals surface area contributed by atoms with Gasteiger partial charge in [-0.25, -0.2) is 0 Å². The number of nitrogens with one attached hydrogen (secondary N) is 2. The summed E-state index contributed by atoms with van der Waals surface area (Å²) in [6.07, 6.45) is -4.42. The summed E-state index contributed by atoms with van der Waals surface area (Å²) in [5.74, 6) is 0.416. The minimum atomic E-state index is -4.42. The van der Waals surface area contributed by atoms with E-state index in [1.54, 1.807) is 43.3 Å². The number of rotatable bonds is 6. The molecule has 0 radical (unpaired) electrons. The van der Waals surface area contributed by atoms with Crippen LogP contribution >= 0.6 is 0 Å². The third-order valence-corrected chi connectivity index (χ3v) is 4.04. The number of alkyl halides is 3. The van der Waals surface area contributed by atoms with E-state index in [0.717, 1.165) is 12.1 Å². The van der Waals surface area contributed by atoms with Crippen LogP contribution < -0.4 is 10.6 Å². The van der Waals surface area contributed by atoms with E-state index in [2.05, 4.69) is 15.8 Å². The molecule has 3 aromatic rings. The molecule has 0 spiro atoms. The van der Waals surface area contributed by atoms with Crippen LogP contribution in [0.15, 0.2) is 65.2 Å². The van der Waals surface area contributed by atoms with Crippen molar-refractivity contribution in [3.63, 3.8) is 0 Å². The highest BCUT2D eigenvalue weighted by atomic mass is 19.4. The largest absolute Gasteiger partial charge is 0.416 e. The minimum Gasteiger partial charge on any atom is -0.360 e. The number of aromatic nitrogens is 1. The second-order valence-corrected chi connectivity index (χ2v) is 6.23. The normalized spacial score (nSPS) is 12.6. The first-order chi connectivity index (χ1) is 13.3. The van der Waals surface area contributed by atoms with E-state index in [4.69, 9.17) is 4.52 Å². The number of hydrogen-bond donors (Lipinski definition) is 2. The molecule has 1 aromatic heterocycles. The van der Waals surface area contributed by atoms with Gasteiger partial charge in [0, 0.05) is 12.6 Å².